The van der Waals surface area contributed by atoms with Gasteiger partial charge in [-0.3, -0.25) is 14.5 Å². The Morgan fingerprint density at radius 3 is 2.62 bits per heavy atom. The monoisotopic (exact) mass is 397 g/mol. The molecule has 0 atom stereocenters. The lowest BCUT2D eigenvalue weighted by atomic mass is 10.0. The van der Waals surface area contributed by atoms with Gasteiger partial charge in [-0.1, -0.05) is 22.0 Å². The molecule has 6 nitrogen and oxygen atoms in total. The third kappa shape index (κ3) is 5.58. The number of hydrogen-bond acceptors (Lipinski definition) is 4. The van der Waals surface area contributed by atoms with Gasteiger partial charge >= 0.3 is 0 Å². The molecule has 2 N–H and O–H groups in total. The minimum Gasteiger partial charge on any atom is -0.379 e. The number of ether oxygens (including phenoxy) is 1. The van der Waals surface area contributed by atoms with Gasteiger partial charge in [-0.2, -0.15) is 0 Å². The predicted octanol–water partition coefficient (Wildman–Crippen LogP) is 1.41. The lowest BCUT2D eigenvalue weighted by molar-refractivity contribution is -0.120. The summed E-state index contributed by atoms with van der Waals surface area (Å²) in [6.45, 7) is 7.85. The summed E-state index contributed by atoms with van der Waals surface area (Å²) in [6.07, 6.45) is 0. The van der Waals surface area contributed by atoms with E-state index in [0.717, 1.165) is 30.8 Å². The van der Waals surface area contributed by atoms with Crippen molar-refractivity contribution in [2.45, 2.75) is 19.4 Å². The number of carbonyl (C=O) groups excluding carboxylic acids is 2. The third-order valence-electron chi connectivity index (χ3n) is 4.08. The molecular formula is C17H24BrN3O3. The Labute approximate surface area is 151 Å². The highest BCUT2D eigenvalue weighted by molar-refractivity contribution is 9.10. The molecule has 1 saturated heterocycles. The molecule has 1 heterocycles. The summed E-state index contributed by atoms with van der Waals surface area (Å²) < 4.78 is 6.18. The smallest absolute Gasteiger partial charge is 0.251 e. The fourth-order valence-corrected chi connectivity index (χ4v) is 2.95. The van der Waals surface area contributed by atoms with Crippen molar-refractivity contribution in [2.24, 2.45) is 0 Å². The predicted molar refractivity (Wildman–Crippen MR) is 96.0 cm³/mol. The van der Waals surface area contributed by atoms with Crippen LogP contribution in [0.15, 0.2) is 28.7 Å². The van der Waals surface area contributed by atoms with E-state index in [9.17, 15) is 9.59 Å². The first-order valence-electron chi connectivity index (χ1n) is 8.02. The van der Waals surface area contributed by atoms with Crippen molar-refractivity contribution in [1.29, 1.82) is 0 Å². The maximum absolute atomic E-state index is 12.0. The van der Waals surface area contributed by atoms with Crippen LogP contribution in [0.25, 0.3) is 0 Å². The molecule has 7 heteroatoms. The molecule has 0 spiro atoms. The minimum atomic E-state index is -0.265. The van der Waals surface area contributed by atoms with E-state index in [1.807, 2.05) is 6.07 Å². The van der Waals surface area contributed by atoms with Gasteiger partial charge in [0.05, 0.1) is 19.8 Å². The van der Waals surface area contributed by atoms with Crippen molar-refractivity contribution in [1.82, 2.24) is 15.5 Å². The maximum Gasteiger partial charge on any atom is 0.251 e. The molecule has 0 aliphatic carbocycles. The zero-order valence-electron chi connectivity index (χ0n) is 14.1. The van der Waals surface area contributed by atoms with Crippen LogP contribution < -0.4 is 10.6 Å². The Kier molecular flexibility index (Phi) is 6.77. The summed E-state index contributed by atoms with van der Waals surface area (Å²) in [5.41, 5.74) is 0.374. The van der Waals surface area contributed by atoms with Gasteiger partial charge in [0, 0.05) is 35.2 Å². The molecule has 1 aliphatic rings. The fraction of sp³-hybridized carbons (Fsp3) is 0.529. The van der Waals surface area contributed by atoms with Crippen LogP contribution in [0.2, 0.25) is 0 Å². The van der Waals surface area contributed by atoms with Crippen LogP contribution in [0.5, 0.6) is 0 Å². The lowest BCUT2D eigenvalue weighted by Crippen LogP contribution is -2.56. The van der Waals surface area contributed by atoms with E-state index >= 15 is 0 Å². The highest BCUT2D eigenvalue weighted by Gasteiger charge is 2.28. The van der Waals surface area contributed by atoms with Gasteiger partial charge in [0.25, 0.3) is 5.91 Å². The average molecular weight is 398 g/mol. The molecule has 2 rings (SSSR count). The molecule has 1 aromatic rings. The van der Waals surface area contributed by atoms with Gasteiger partial charge in [-0.05, 0) is 32.0 Å². The zero-order chi connectivity index (χ0) is 17.6. The van der Waals surface area contributed by atoms with Crippen LogP contribution >= 0.6 is 15.9 Å². The topological polar surface area (TPSA) is 70.7 Å². The summed E-state index contributed by atoms with van der Waals surface area (Å²) in [4.78, 5) is 26.3. The quantitative estimate of drug-likeness (QED) is 0.760. The summed E-state index contributed by atoms with van der Waals surface area (Å²) in [5, 5.41) is 5.53. The first-order valence-corrected chi connectivity index (χ1v) is 8.81. The van der Waals surface area contributed by atoms with Gasteiger partial charge in [0.15, 0.2) is 0 Å². The molecule has 1 aliphatic heterocycles. The lowest BCUT2D eigenvalue weighted by Gasteiger charge is -2.40. The highest BCUT2D eigenvalue weighted by atomic mass is 79.9. The molecule has 1 fully saturated rings. The Morgan fingerprint density at radius 2 is 1.96 bits per heavy atom. The number of halogens is 1. The normalized spacial score (nSPS) is 15.8. The molecule has 1 aromatic carbocycles. The number of nitrogens with one attached hydrogen (secondary N) is 2. The number of benzene rings is 1. The van der Waals surface area contributed by atoms with Gasteiger partial charge < -0.3 is 15.4 Å². The van der Waals surface area contributed by atoms with E-state index in [2.05, 4.69) is 45.3 Å². The number of hydrogen-bond donors (Lipinski definition) is 2. The van der Waals surface area contributed by atoms with Crippen LogP contribution in [-0.4, -0.2) is 61.6 Å². The van der Waals surface area contributed by atoms with Crippen LogP contribution in [0.3, 0.4) is 0 Å². The van der Waals surface area contributed by atoms with E-state index in [1.165, 1.54) is 0 Å². The molecule has 24 heavy (non-hydrogen) atoms. The highest BCUT2D eigenvalue weighted by Crippen LogP contribution is 2.15. The van der Waals surface area contributed by atoms with E-state index in [4.69, 9.17) is 4.74 Å². The minimum absolute atomic E-state index is 0.0372. The van der Waals surface area contributed by atoms with Gasteiger partial charge in [-0.15, -0.1) is 0 Å². The van der Waals surface area contributed by atoms with Gasteiger partial charge in [0.2, 0.25) is 5.91 Å². The molecular weight excluding hydrogens is 374 g/mol. The van der Waals surface area contributed by atoms with Crippen molar-refractivity contribution >= 4 is 27.7 Å². The van der Waals surface area contributed by atoms with Crippen molar-refractivity contribution in [3.05, 3.63) is 34.3 Å². The van der Waals surface area contributed by atoms with E-state index in [-0.39, 0.29) is 23.9 Å². The molecule has 0 saturated carbocycles. The number of nitrogens with zero attached hydrogens (tertiary/aromatic N) is 1. The van der Waals surface area contributed by atoms with Gasteiger partial charge in [-0.25, -0.2) is 0 Å². The fourth-order valence-electron chi connectivity index (χ4n) is 2.55. The largest absolute Gasteiger partial charge is 0.379 e. The van der Waals surface area contributed by atoms with E-state index < -0.39 is 0 Å². The standard InChI is InChI=1S/C17H24BrN3O3/c1-17(2,21-6-8-24-9-7-21)12-20-15(22)11-19-16(23)13-4-3-5-14(18)10-13/h3-5,10H,6-9,11-12H2,1-2H3,(H,19,23)(H,20,22). The maximum atomic E-state index is 12.0. The summed E-state index contributed by atoms with van der Waals surface area (Å²) in [7, 11) is 0. The second-order valence-corrected chi connectivity index (χ2v) is 7.30. The Morgan fingerprint density at radius 1 is 1.25 bits per heavy atom. The summed E-state index contributed by atoms with van der Waals surface area (Å²) in [5.74, 6) is -0.460. The van der Waals surface area contributed by atoms with E-state index in [1.54, 1.807) is 18.2 Å². The van der Waals surface area contributed by atoms with Gasteiger partial charge in [0.1, 0.15) is 0 Å². The van der Waals surface area contributed by atoms with Crippen LogP contribution in [-0.2, 0) is 9.53 Å². The first kappa shape index (κ1) is 18.9. The molecule has 0 unspecified atom stereocenters. The Bertz CT molecular complexity index is 586. The second-order valence-electron chi connectivity index (χ2n) is 6.38. The number of carbonyl (C=O) groups is 2. The van der Waals surface area contributed by atoms with Crippen molar-refractivity contribution in [2.75, 3.05) is 39.4 Å². The first-order chi connectivity index (χ1) is 11.4. The van der Waals surface area contributed by atoms with E-state index in [0.29, 0.717) is 12.1 Å². The number of rotatable bonds is 6. The SMILES string of the molecule is CC(C)(CNC(=O)CNC(=O)c1cccc(Br)c1)N1CCOCC1. The van der Waals surface area contributed by atoms with Crippen molar-refractivity contribution in [3.8, 4) is 0 Å². The van der Waals surface area contributed by atoms with Crippen molar-refractivity contribution < 1.29 is 14.3 Å². The summed E-state index contributed by atoms with van der Waals surface area (Å²) >= 11 is 3.32. The third-order valence-corrected chi connectivity index (χ3v) is 4.57. The zero-order valence-corrected chi connectivity index (χ0v) is 15.7. The molecule has 132 valence electrons. The molecule has 0 radical (unpaired) electrons. The Balaban J connectivity index is 1.75. The molecule has 0 aromatic heterocycles. The average Bonchev–Trinajstić information content (AvgIpc) is 2.58. The number of morpholine rings is 1. The van der Waals surface area contributed by atoms with Crippen LogP contribution in [0.1, 0.15) is 24.2 Å². The second kappa shape index (κ2) is 8.60. The number of amides is 2. The molecule has 2 amide bonds. The van der Waals surface area contributed by atoms with Crippen LogP contribution in [0, 0.1) is 0 Å². The summed E-state index contributed by atoms with van der Waals surface area (Å²) in [6, 6.07) is 7.05. The molecule has 0 bridgehead atoms. The Hall–Kier alpha value is -1.44. The van der Waals surface area contributed by atoms with Crippen molar-refractivity contribution in [3.63, 3.8) is 0 Å². The van der Waals surface area contributed by atoms with Crippen LogP contribution in [0.4, 0.5) is 0 Å².